The average Bonchev–Trinajstić information content (AvgIpc) is 2.26. The quantitative estimate of drug-likeness (QED) is 0.568. The molecular weight excluding hydrogens is 230 g/mol. The minimum Gasteiger partial charge on any atom is -0.497 e. The lowest BCUT2D eigenvalue weighted by Gasteiger charge is -2.27. The number of rotatable bonds is 6. The number of ether oxygens (including phenoxy) is 1. The van der Waals surface area contributed by atoms with Gasteiger partial charge in [-0.05, 0) is 24.3 Å². The van der Waals surface area contributed by atoms with Gasteiger partial charge in [-0.2, -0.15) is 0 Å². The molecule has 0 aromatic heterocycles. The van der Waals surface area contributed by atoms with Crippen LogP contribution in [0.4, 0.5) is 0 Å². The van der Waals surface area contributed by atoms with E-state index >= 15 is 0 Å². The van der Waals surface area contributed by atoms with Crippen molar-refractivity contribution in [3.63, 3.8) is 0 Å². The number of Topliss-reactive ketones (excluding diaryl/α,β-unsaturated/α-hetero) is 2. The van der Waals surface area contributed by atoms with E-state index in [1.165, 1.54) is 6.92 Å². The molecule has 0 aliphatic rings. The number of likely N-dealkylation sites (N-methyl/N-ethyl adjacent to an activating group) is 1. The van der Waals surface area contributed by atoms with Crippen molar-refractivity contribution in [1.82, 2.24) is 0 Å². The van der Waals surface area contributed by atoms with Gasteiger partial charge in [-0.1, -0.05) is 0 Å². The number of hydrogen-bond acceptors (Lipinski definition) is 3. The Kier molecular flexibility index (Phi) is 4.62. The van der Waals surface area contributed by atoms with E-state index in [1.807, 2.05) is 14.1 Å². The van der Waals surface area contributed by atoms with Gasteiger partial charge in [-0.25, -0.2) is 0 Å². The molecule has 0 unspecified atom stereocenters. The number of carbonyl (C=O) groups is 2. The first-order chi connectivity index (χ1) is 8.34. The molecule has 4 heteroatoms. The van der Waals surface area contributed by atoms with Gasteiger partial charge in [0.15, 0.2) is 5.78 Å². The lowest BCUT2D eigenvalue weighted by Crippen LogP contribution is -2.46. The molecule has 1 rings (SSSR count). The van der Waals surface area contributed by atoms with Gasteiger partial charge in [0.2, 0.25) is 5.78 Å². The zero-order valence-corrected chi connectivity index (χ0v) is 11.4. The first kappa shape index (κ1) is 14.4. The Bertz CT molecular complexity index is 435. The molecule has 0 saturated heterocycles. The number of methoxy groups -OCH3 is 1. The number of hydrogen-bond donors (Lipinski definition) is 0. The second kappa shape index (κ2) is 5.78. The Balaban J connectivity index is 2.72. The van der Waals surface area contributed by atoms with E-state index in [0.29, 0.717) is 23.1 Å². The molecule has 0 saturated carbocycles. The molecule has 0 radical (unpaired) electrons. The molecule has 98 valence electrons. The maximum absolute atomic E-state index is 12.1. The molecule has 0 N–H and O–H groups in total. The Morgan fingerprint density at radius 1 is 1.11 bits per heavy atom. The van der Waals surface area contributed by atoms with E-state index in [9.17, 15) is 9.59 Å². The molecule has 0 aliphatic heterocycles. The molecule has 0 aliphatic carbocycles. The van der Waals surface area contributed by atoms with E-state index in [4.69, 9.17) is 4.74 Å². The maximum atomic E-state index is 12.1. The SMILES string of the molecule is COc1ccc(C(=O)C[N+](C)(C)CC(C)=O)cc1. The van der Waals surface area contributed by atoms with Crippen molar-refractivity contribution in [2.75, 3.05) is 34.3 Å². The maximum Gasteiger partial charge on any atom is 0.216 e. The summed E-state index contributed by atoms with van der Waals surface area (Å²) in [6, 6.07) is 7.01. The van der Waals surface area contributed by atoms with Crippen LogP contribution in [0.1, 0.15) is 17.3 Å². The van der Waals surface area contributed by atoms with Gasteiger partial charge in [-0.15, -0.1) is 0 Å². The summed E-state index contributed by atoms with van der Waals surface area (Å²) in [7, 11) is 5.34. The fraction of sp³-hybridized carbons (Fsp3) is 0.429. The summed E-state index contributed by atoms with van der Waals surface area (Å²) in [4.78, 5) is 23.2. The fourth-order valence-electron chi connectivity index (χ4n) is 1.92. The second-order valence-electron chi connectivity index (χ2n) is 5.11. The van der Waals surface area contributed by atoms with Crippen LogP contribution in [0.3, 0.4) is 0 Å². The molecule has 0 bridgehead atoms. The molecule has 0 heterocycles. The fourth-order valence-corrected chi connectivity index (χ4v) is 1.92. The second-order valence-corrected chi connectivity index (χ2v) is 5.11. The number of benzene rings is 1. The van der Waals surface area contributed by atoms with E-state index in [1.54, 1.807) is 31.4 Å². The van der Waals surface area contributed by atoms with Crippen LogP contribution in [-0.4, -0.2) is 50.3 Å². The minimum atomic E-state index is 0.0314. The highest BCUT2D eigenvalue weighted by atomic mass is 16.5. The zero-order valence-electron chi connectivity index (χ0n) is 11.4. The topological polar surface area (TPSA) is 43.4 Å². The number of ketones is 2. The summed E-state index contributed by atoms with van der Waals surface area (Å²) in [5.74, 6) is 0.843. The van der Waals surface area contributed by atoms with Crippen LogP contribution in [0.2, 0.25) is 0 Å². The van der Waals surface area contributed by atoms with Crippen molar-refractivity contribution >= 4 is 11.6 Å². The summed E-state index contributed by atoms with van der Waals surface area (Å²) >= 11 is 0. The molecular formula is C14H20NO3+. The van der Waals surface area contributed by atoms with Crippen molar-refractivity contribution in [2.45, 2.75) is 6.92 Å². The Morgan fingerprint density at radius 2 is 1.67 bits per heavy atom. The van der Waals surface area contributed by atoms with E-state index in [0.717, 1.165) is 5.75 Å². The highest BCUT2D eigenvalue weighted by Crippen LogP contribution is 2.13. The van der Waals surface area contributed by atoms with Gasteiger partial charge in [-0.3, -0.25) is 9.59 Å². The third kappa shape index (κ3) is 4.30. The highest BCUT2D eigenvalue weighted by molar-refractivity contribution is 5.97. The van der Waals surface area contributed by atoms with Gasteiger partial charge in [0.05, 0.1) is 21.2 Å². The predicted molar refractivity (Wildman–Crippen MR) is 69.8 cm³/mol. The van der Waals surface area contributed by atoms with Crippen LogP contribution in [0.5, 0.6) is 5.75 Å². The van der Waals surface area contributed by atoms with Crippen molar-refractivity contribution in [3.05, 3.63) is 29.8 Å². The Labute approximate surface area is 108 Å². The van der Waals surface area contributed by atoms with Crippen LogP contribution in [0.15, 0.2) is 24.3 Å². The largest absolute Gasteiger partial charge is 0.497 e. The van der Waals surface area contributed by atoms with Crippen LogP contribution >= 0.6 is 0 Å². The van der Waals surface area contributed by atoms with Gasteiger partial charge < -0.3 is 9.22 Å². The van der Waals surface area contributed by atoms with Gasteiger partial charge in [0, 0.05) is 12.5 Å². The lowest BCUT2D eigenvalue weighted by molar-refractivity contribution is -0.873. The van der Waals surface area contributed by atoms with Gasteiger partial charge in [0.1, 0.15) is 18.8 Å². The zero-order chi connectivity index (χ0) is 13.8. The minimum absolute atomic E-state index is 0.0314. The van der Waals surface area contributed by atoms with Gasteiger partial charge in [0.25, 0.3) is 0 Å². The molecule has 1 aromatic carbocycles. The number of nitrogens with zero attached hydrogens (tertiary/aromatic N) is 1. The first-order valence-corrected chi connectivity index (χ1v) is 5.83. The molecule has 18 heavy (non-hydrogen) atoms. The number of carbonyl (C=O) groups excluding carboxylic acids is 2. The normalized spacial score (nSPS) is 11.1. The van der Waals surface area contributed by atoms with E-state index in [2.05, 4.69) is 0 Å². The van der Waals surface area contributed by atoms with Crippen LogP contribution in [0, 0.1) is 0 Å². The first-order valence-electron chi connectivity index (χ1n) is 5.83. The van der Waals surface area contributed by atoms with E-state index in [-0.39, 0.29) is 11.6 Å². The molecule has 0 spiro atoms. The van der Waals surface area contributed by atoms with Crippen molar-refractivity contribution < 1.29 is 18.8 Å². The van der Waals surface area contributed by atoms with Crippen molar-refractivity contribution in [1.29, 1.82) is 0 Å². The lowest BCUT2D eigenvalue weighted by atomic mass is 10.1. The summed E-state index contributed by atoms with van der Waals surface area (Å²) < 4.78 is 5.42. The summed E-state index contributed by atoms with van der Waals surface area (Å²) in [5.41, 5.74) is 0.644. The molecule has 0 amide bonds. The monoisotopic (exact) mass is 250 g/mol. The third-order valence-corrected chi connectivity index (χ3v) is 2.63. The molecule has 0 atom stereocenters. The van der Waals surface area contributed by atoms with Crippen LogP contribution in [-0.2, 0) is 4.79 Å². The van der Waals surface area contributed by atoms with Crippen molar-refractivity contribution in [3.8, 4) is 5.75 Å². The van der Waals surface area contributed by atoms with Crippen LogP contribution in [0.25, 0.3) is 0 Å². The predicted octanol–water partition coefficient (Wildman–Crippen LogP) is 1.54. The van der Waals surface area contributed by atoms with E-state index < -0.39 is 0 Å². The molecule has 1 aromatic rings. The standard InChI is InChI=1S/C14H20NO3/c1-11(16)9-15(2,3)10-14(17)12-5-7-13(18-4)8-6-12/h5-8H,9-10H2,1-4H3/q+1. The van der Waals surface area contributed by atoms with Crippen molar-refractivity contribution in [2.24, 2.45) is 0 Å². The smallest absolute Gasteiger partial charge is 0.216 e. The molecule has 4 nitrogen and oxygen atoms in total. The Hall–Kier alpha value is -1.68. The summed E-state index contributed by atoms with van der Waals surface area (Å²) in [5, 5.41) is 0. The third-order valence-electron chi connectivity index (χ3n) is 2.63. The van der Waals surface area contributed by atoms with Gasteiger partial charge >= 0.3 is 0 Å². The van der Waals surface area contributed by atoms with Crippen LogP contribution < -0.4 is 4.74 Å². The summed E-state index contributed by atoms with van der Waals surface area (Å²) in [6.45, 7) is 2.21. The average molecular weight is 250 g/mol. The summed E-state index contributed by atoms with van der Waals surface area (Å²) in [6.07, 6.45) is 0. The highest BCUT2D eigenvalue weighted by Gasteiger charge is 2.22. The number of quaternary nitrogens is 1. The Morgan fingerprint density at radius 3 is 2.11 bits per heavy atom. The molecule has 0 fully saturated rings.